The summed E-state index contributed by atoms with van der Waals surface area (Å²) in [4.78, 5) is 0. The number of nitrogens with one attached hydrogen (secondary N) is 2. The summed E-state index contributed by atoms with van der Waals surface area (Å²) in [5.74, 6) is 2.60. The minimum atomic E-state index is 0.640. The van der Waals surface area contributed by atoms with Crippen molar-refractivity contribution in [3.8, 4) is 12.3 Å². The summed E-state index contributed by atoms with van der Waals surface area (Å²) >= 11 is 0. The Bertz CT molecular complexity index is 129. The first-order chi connectivity index (χ1) is 5.43. The van der Waals surface area contributed by atoms with Gasteiger partial charge in [0, 0.05) is 6.04 Å². The van der Waals surface area contributed by atoms with Crippen LogP contribution in [0.4, 0.5) is 0 Å². The second kappa shape index (κ2) is 5.17. The summed E-state index contributed by atoms with van der Waals surface area (Å²) in [5.41, 5.74) is 0. The first-order valence-electron chi connectivity index (χ1n) is 4.31. The van der Waals surface area contributed by atoms with Crippen LogP contribution in [0.5, 0.6) is 0 Å². The minimum Gasteiger partial charge on any atom is -0.317 e. The van der Waals surface area contributed by atoms with Crippen LogP contribution in [0, 0.1) is 12.3 Å². The van der Waals surface area contributed by atoms with Crippen LogP contribution in [0.2, 0.25) is 0 Å². The Morgan fingerprint density at radius 1 is 1.45 bits per heavy atom. The van der Waals surface area contributed by atoms with Crippen LogP contribution >= 0.6 is 0 Å². The number of hydrogen-bond acceptors (Lipinski definition) is 2. The maximum atomic E-state index is 5.16. The average Bonchev–Trinajstić information content (AvgIpc) is 2.28. The molecule has 0 bridgehead atoms. The van der Waals surface area contributed by atoms with E-state index in [2.05, 4.69) is 16.6 Å². The summed E-state index contributed by atoms with van der Waals surface area (Å²) in [5, 5.41) is 6.70. The molecule has 2 heteroatoms. The van der Waals surface area contributed by atoms with Crippen molar-refractivity contribution in [1.82, 2.24) is 10.6 Å². The zero-order chi connectivity index (χ0) is 7.94. The first kappa shape index (κ1) is 8.58. The molecule has 1 fully saturated rings. The van der Waals surface area contributed by atoms with Crippen molar-refractivity contribution in [3.63, 3.8) is 0 Å². The number of hydrogen-bond donors (Lipinski definition) is 2. The highest BCUT2D eigenvalue weighted by molar-refractivity contribution is 4.88. The van der Waals surface area contributed by atoms with E-state index in [9.17, 15) is 0 Å². The molecule has 2 N–H and O–H groups in total. The van der Waals surface area contributed by atoms with Crippen molar-refractivity contribution < 1.29 is 0 Å². The van der Waals surface area contributed by atoms with Crippen molar-refractivity contribution in [2.45, 2.75) is 25.3 Å². The summed E-state index contributed by atoms with van der Waals surface area (Å²) < 4.78 is 0. The Balaban J connectivity index is 2.15. The molecule has 1 aliphatic heterocycles. The van der Waals surface area contributed by atoms with Crippen molar-refractivity contribution in [1.29, 1.82) is 0 Å². The van der Waals surface area contributed by atoms with E-state index in [0.717, 1.165) is 13.1 Å². The lowest BCUT2D eigenvalue weighted by atomic mass is 10.1. The van der Waals surface area contributed by atoms with Gasteiger partial charge >= 0.3 is 0 Å². The fourth-order valence-corrected chi connectivity index (χ4v) is 1.43. The summed E-state index contributed by atoms with van der Waals surface area (Å²) in [6, 6.07) is 0.640. The average molecular weight is 152 g/mol. The van der Waals surface area contributed by atoms with E-state index in [1.54, 1.807) is 0 Å². The lowest BCUT2D eigenvalue weighted by Crippen LogP contribution is -2.30. The molecule has 1 heterocycles. The lowest BCUT2D eigenvalue weighted by Gasteiger charge is -2.12. The lowest BCUT2D eigenvalue weighted by molar-refractivity contribution is 0.495. The van der Waals surface area contributed by atoms with Gasteiger partial charge in [-0.25, -0.2) is 0 Å². The van der Waals surface area contributed by atoms with Gasteiger partial charge in [-0.1, -0.05) is 5.92 Å². The molecule has 0 amide bonds. The van der Waals surface area contributed by atoms with Crippen molar-refractivity contribution >= 4 is 0 Å². The Labute approximate surface area is 68.8 Å². The molecule has 1 aliphatic rings. The first-order valence-corrected chi connectivity index (χ1v) is 4.31. The van der Waals surface area contributed by atoms with E-state index in [-0.39, 0.29) is 0 Å². The maximum Gasteiger partial charge on any atom is 0.0575 e. The van der Waals surface area contributed by atoms with Gasteiger partial charge in [-0.3, -0.25) is 0 Å². The molecule has 0 saturated carbocycles. The van der Waals surface area contributed by atoms with Gasteiger partial charge in [-0.15, -0.1) is 6.42 Å². The third kappa shape index (κ3) is 3.41. The van der Waals surface area contributed by atoms with Gasteiger partial charge in [0.2, 0.25) is 0 Å². The highest BCUT2D eigenvalue weighted by Gasteiger charge is 2.09. The van der Waals surface area contributed by atoms with E-state index in [4.69, 9.17) is 6.42 Å². The van der Waals surface area contributed by atoms with Crippen LogP contribution in [0.1, 0.15) is 19.3 Å². The number of rotatable bonds is 2. The molecule has 0 radical (unpaired) electrons. The van der Waals surface area contributed by atoms with Crippen LogP contribution in [0.25, 0.3) is 0 Å². The van der Waals surface area contributed by atoms with E-state index in [1.165, 1.54) is 19.3 Å². The summed E-state index contributed by atoms with van der Waals surface area (Å²) in [6.45, 7) is 3.00. The van der Waals surface area contributed by atoms with Crippen LogP contribution < -0.4 is 10.6 Å². The van der Waals surface area contributed by atoms with Crippen LogP contribution in [-0.4, -0.2) is 25.7 Å². The molecule has 0 spiro atoms. The maximum absolute atomic E-state index is 5.16. The molecule has 1 rings (SSSR count). The molecular weight excluding hydrogens is 136 g/mol. The smallest absolute Gasteiger partial charge is 0.0575 e. The monoisotopic (exact) mass is 152 g/mol. The highest BCUT2D eigenvalue weighted by atomic mass is 14.9. The fourth-order valence-electron chi connectivity index (χ4n) is 1.43. The molecule has 1 atom stereocenters. The summed E-state index contributed by atoms with van der Waals surface area (Å²) in [7, 11) is 0. The van der Waals surface area contributed by atoms with Crippen LogP contribution in [0.15, 0.2) is 0 Å². The molecule has 1 saturated heterocycles. The van der Waals surface area contributed by atoms with Gasteiger partial charge in [-0.05, 0) is 32.4 Å². The Morgan fingerprint density at radius 2 is 2.36 bits per heavy atom. The molecule has 0 aromatic rings. The highest BCUT2D eigenvalue weighted by Crippen LogP contribution is 2.03. The van der Waals surface area contributed by atoms with Gasteiger partial charge < -0.3 is 10.6 Å². The van der Waals surface area contributed by atoms with E-state index < -0.39 is 0 Å². The van der Waals surface area contributed by atoms with Gasteiger partial charge in [0.05, 0.1) is 6.54 Å². The zero-order valence-electron chi connectivity index (χ0n) is 6.90. The zero-order valence-corrected chi connectivity index (χ0v) is 6.90. The van der Waals surface area contributed by atoms with Gasteiger partial charge in [0.1, 0.15) is 0 Å². The van der Waals surface area contributed by atoms with Crippen LogP contribution in [0.3, 0.4) is 0 Å². The molecule has 2 nitrogen and oxygen atoms in total. The standard InChI is InChI=1S/C9H16N2/c1-2-6-11-9-4-3-7-10-8-5-9/h1,9-11H,3-8H2. The number of terminal acetylenes is 1. The van der Waals surface area contributed by atoms with E-state index >= 15 is 0 Å². The minimum absolute atomic E-state index is 0.640. The largest absolute Gasteiger partial charge is 0.317 e. The van der Waals surface area contributed by atoms with Gasteiger partial charge in [0.15, 0.2) is 0 Å². The predicted octanol–water partition coefficient (Wildman–Crippen LogP) is 0.351. The molecule has 0 aliphatic carbocycles. The second-order valence-electron chi connectivity index (χ2n) is 2.96. The molecule has 1 unspecified atom stereocenters. The van der Waals surface area contributed by atoms with Gasteiger partial charge in [-0.2, -0.15) is 0 Å². The quantitative estimate of drug-likeness (QED) is 0.558. The molecule has 0 aromatic carbocycles. The van der Waals surface area contributed by atoms with Crippen molar-refractivity contribution in [2.24, 2.45) is 0 Å². The fraction of sp³-hybridized carbons (Fsp3) is 0.778. The second-order valence-corrected chi connectivity index (χ2v) is 2.96. The van der Waals surface area contributed by atoms with Crippen LogP contribution in [-0.2, 0) is 0 Å². The Morgan fingerprint density at radius 3 is 3.18 bits per heavy atom. The van der Waals surface area contributed by atoms with E-state index in [0.29, 0.717) is 12.6 Å². The third-order valence-electron chi connectivity index (χ3n) is 2.07. The molecule has 0 aromatic heterocycles. The Hall–Kier alpha value is -0.520. The normalized spacial score (nSPS) is 25.5. The van der Waals surface area contributed by atoms with Gasteiger partial charge in [0.25, 0.3) is 0 Å². The Kier molecular flexibility index (Phi) is 4.03. The van der Waals surface area contributed by atoms with Crippen molar-refractivity contribution in [2.75, 3.05) is 19.6 Å². The van der Waals surface area contributed by atoms with Crippen molar-refractivity contribution in [3.05, 3.63) is 0 Å². The van der Waals surface area contributed by atoms with E-state index in [1.807, 2.05) is 0 Å². The molecule has 11 heavy (non-hydrogen) atoms. The predicted molar refractivity (Wildman–Crippen MR) is 47.3 cm³/mol. The topological polar surface area (TPSA) is 24.1 Å². The SMILES string of the molecule is C#CCNC1CCCNCC1. The molecular formula is C9H16N2. The molecule has 62 valence electrons. The summed E-state index contributed by atoms with van der Waals surface area (Å²) in [6.07, 6.45) is 8.89. The third-order valence-corrected chi connectivity index (χ3v) is 2.07.